The van der Waals surface area contributed by atoms with Gasteiger partial charge in [-0.25, -0.2) is 4.98 Å². The number of nitrogens with zero attached hydrogens (tertiary/aromatic N) is 5. The fourth-order valence-electron chi connectivity index (χ4n) is 3.48. The number of fused-ring (bicyclic) bond motifs is 1. The van der Waals surface area contributed by atoms with Gasteiger partial charge in [0.1, 0.15) is 29.0 Å². The van der Waals surface area contributed by atoms with E-state index in [2.05, 4.69) is 15.3 Å². The SMILES string of the molecule is COc1cccc(-n2c([C@H](C)Nc3nc(N)nc(N)c3C#N)nc3cccc(Cl)c3c2=O)c1. The monoisotopic (exact) mass is 462 g/mol. The smallest absolute Gasteiger partial charge is 0.267 e. The fourth-order valence-corrected chi connectivity index (χ4v) is 3.73. The van der Waals surface area contributed by atoms with Crippen LogP contribution in [0.5, 0.6) is 5.75 Å². The highest BCUT2D eigenvalue weighted by molar-refractivity contribution is 6.35. The number of ether oxygens (including phenoxy) is 1. The van der Waals surface area contributed by atoms with Crippen LogP contribution < -0.4 is 27.1 Å². The van der Waals surface area contributed by atoms with Crippen LogP contribution in [-0.2, 0) is 0 Å². The number of hydrogen-bond donors (Lipinski definition) is 3. The number of halogens is 1. The quantitative estimate of drug-likeness (QED) is 0.405. The summed E-state index contributed by atoms with van der Waals surface area (Å²) in [5, 5.41) is 13.1. The highest BCUT2D eigenvalue weighted by atomic mass is 35.5. The Morgan fingerprint density at radius 1 is 1.18 bits per heavy atom. The first-order valence-corrected chi connectivity index (χ1v) is 10.2. The third kappa shape index (κ3) is 3.97. The summed E-state index contributed by atoms with van der Waals surface area (Å²) in [6.07, 6.45) is 0. The van der Waals surface area contributed by atoms with Crippen LogP contribution in [0.25, 0.3) is 16.6 Å². The lowest BCUT2D eigenvalue weighted by atomic mass is 10.2. The van der Waals surface area contributed by atoms with Gasteiger partial charge in [0.25, 0.3) is 5.56 Å². The van der Waals surface area contributed by atoms with Crippen molar-refractivity contribution in [1.29, 1.82) is 5.26 Å². The Labute approximate surface area is 193 Å². The van der Waals surface area contributed by atoms with E-state index in [1.165, 1.54) is 11.7 Å². The molecule has 0 aliphatic carbocycles. The van der Waals surface area contributed by atoms with E-state index in [-0.39, 0.29) is 39.1 Å². The number of nitriles is 1. The average Bonchev–Trinajstić information content (AvgIpc) is 2.78. The summed E-state index contributed by atoms with van der Waals surface area (Å²) in [6, 6.07) is 13.4. The first kappa shape index (κ1) is 21.9. The van der Waals surface area contributed by atoms with Crippen molar-refractivity contribution < 1.29 is 4.74 Å². The third-order valence-electron chi connectivity index (χ3n) is 4.99. The Hall–Kier alpha value is -4.36. The summed E-state index contributed by atoms with van der Waals surface area (Å²) in [4.78, 5) is 26.2. The van der Waals surface area contributed by atoms with E-state index in [1.54, 1.807) is 49.4 Å². The molecule has 166 valence electrons. The molecule has 0 saturated heterocycles. The second-order valence-corrected chi connectivity index (χ2v) is 7.52. The molecule has 0 aliphatic rings. The first-order valence-electron chi connectivity index (χ1n) is 9.79. The number of anilines is 3. The van der Waals surface area contributed by atoms with E-state index in [0.717, 1.165) is 0 Å². The molecule has 0 fully saturated rings. The second-order valence-electron chi connectivity index (χ2n) is 7.11. The Kier molecular flexibility index (Phi) is 5.72. The van der Waals surface area contributed by atoms with Gasteiger partial charge in [-0.2, -0.15) is 15.2 Å². The summed E-state index contributed by atoms with van der Waals surface area (Å²) < 4.78 is 6.76. The standard InChI is InChI=1S/C22H19ClN8O2/c1-11(27-19-14(10-24)18(25)29-22(26)30-19)20-28-16-8-4-7-15(23)17(16)21(32)31(20)12-5-3-6-13(9-12)33-2/h3-9,11H,1-2H3,(H5,25,26,27,29,30)/t11-/m0/s1. The predicted octanol–water partition coefficient (Wildman–Crippen LogP) is 3.05. The van der Waals surface area contributed by atoms with E-state index in [9.17, 15) is 10.1 Å². The van der Waals surface area contributed by atoms with Gasteiger partial charge in [-0.05, 0) is 31.2 Å². The molecule has 4 aromatic rings. The molecule has 0 radical (unpaired) electrons. The largest absolute Gasteiger partial charge is 0.497 e. The van der Waals surface area contributed by atoms with Crippen LogP contribution in [0.15, 0.2) is 47.3 Å². The molecular formula is C22H19ClN8O2. The molecule has 5 N–H and O–H groups in total. The molecule has 0 bridgehead atoms. The van der Waals surface area contributed by atoms with Crippen LogP contribution in [0.1, 0.15) is 24.4 Å². The van der Waals surface area contributed by atoms with E-state index in [1.807, 2.05) is 6.07 Å². The number of aromatic nitrogens is 4. The first-order chi connectivity index (χ1) is 15.8. The van der Waals surface area contributed by atoms with Gasteiger partial charge in [-0.15, -0.1) is 0 Å². The van der Waals surface area contributed by atoms with Crippen molar-refractivity contribution in [1.82, 2.24) is 19.5 Å². The number of hydrogen-bond acceptors (Lipinski definition) is 9. The van der Waals surface area contributed by atoms with Gasteiger partial charge in [0, 0.05) is 6.07 Å². The number of rotatable bonds is 5. The maximum Gasteiger partial charge on any atom is 0.267 e. The lowest BCUT2D eigenvalue weighted by Crippen LogP contribution is -2.28. The molecule has 0 spiro atoms. The predicted molar refractivity (Wildman–Crippen MR) is 127 cm³/mol. The molecule has 11 heteroatoms. The molecule has 2 aromatic heterocycles. The number of benzene rings is 2. The summed E-state index contributed by atoms with van der Waals surface area (Å²) >= 11 is 6.34. The van der Waals surface area contributed by atoms with Gasteiger partial charge in [-0.3, -0.25) is 9.36 Å². The molecule has 1 atom stereocenters. The molecule has 2 aromatic carbocycles. The Bertz CT molecular complexity index is 1480. The lowest BCUT2D eigenvalue weighted by Gasteiger charge is -2.21. The van der Waals surface area contributed by atoms with Crippen molar-refractivity contribution in [3.05, 3.63) is 69.2 Å². The van der Waals surface area contributed by atoms with E-state index in [0.29, 0.717) is 22.8 Å². The van der Waals surface area contributed by atoms with Gasteiger partial charge in [0.2, 0.25) is 5.95 Å². The summed E-state index contributed by atoms with van der Waals surface area (Å²) in [5.41, 5.74) is 12.2. The fraction of sp³-hybridized carbons (Fsp3) is 0.136. The summed E-state index contributed by atoms with van der Waals surface area (Å²) in [7, 11) is 1.54. The summed E-state index contributed by atoms with van der Waals surface area (Å²) in [6.45, 7) is 1.77. The zero-order chi connectivity index (χ0) is 23.7. The van der Waals surface area contributed by atoms with Crippen LogP contribution in [0.3, 0.4) is 0 Å². The lowest BCUT2D eigenvalue weighted by molar-refractivity contribution is 0.414. The molecule has 0 unspecified atom stereocenters. The Morgan fingerprint density at radius 2 is 1.94 bits per heavy atom. The highest BCUT2D eigenvalue weighted by Gasteiger charge is 2.22. The minimum absolute atomic E-state index is 0.0372. The highest BCUT2D eigenvalue weighted by Crippen LogP contribution is 2.27. The molecule has 0 aliphatic heterocycles. The zero-order valence-corrected chi connectivity index (χ0v) is 18.5. The van der Waals surface area contributed by atoms with Crippen molar-refractivity contribution in [2.75, 3.05) is 23.9 Å². The van der Waals surface area contributed by atoms with Crippen LogP contribution in [0, 0.1) is 11.3 Å². The van der Waals surface area contributed by atoms with Gasteiger partial charge < -0.3 is 21.5 Å². The molecule has 10 nitrogen and oxygen atoms in total. The maximum atomic E-state index is 13.6. The summed E-state index contributed by atoms with van der Waals surface area (Å²) in [5.74, 6) is 0.899. The minimum atomic E-state index is -0.604. The molecule has 4 rings (SSSR count). The van der Waals surface area contributed by atoms with E-state index >= 15 is 0 Å². The van der Waals surface area contributed by atoms with Gasteiger partial charge in [0.15, 0.2) is 5.82 Å². The maximum absolute atomic E-state index is 13.6. The van der Waals surface area contributed by atoms with Crippen LogP contribution in [0.4, 0.5) is 17.6 Å². The number of methoxy groups -OCH3 is 1. The van der Waals surface area contributed by atoms with Crippen molar-refractivity contribution in [2.24, 2.45) is 0 Å². The van der Waals surface area contributed by atoms with Crippen molar-refractivity contribution in [2.45, 2.75) is 13.0 Å². The van der Waals surface area contributed by atoms with Crippen LogP contribution in [-0.4, -0.2) is 26.6 Å². The molecule has 0 amide bonds. The third-order valence-corrected chi connectivity index (χ3v) is 5.31. The average molecular weight is 463 g/mol. The second kappa shape index (κ2) is 8.64. The number of nitrogen functional groups attached to an aromatic ring is 2. The number of nitrogens with two attached hydrogens (primary N) is 2. The van der Waals surface area contributed by atoms with Gasteiger partial charge in [0.05, 0.1) is 34.8 Å². The van der Waals surface area contributed by atoms with Gasteiger partial charge in [-0.1, -0.05) is 23.7 Å². The van der Waals surface area contributed by atoms with Crippen molar-refractivity contribution in [3.8, 4) is 17.5 Å². The number of nitrogens with one attached hydrogen (secondary N) is 1. The zero-order valence-electron chi connectivity index (χ0n) is 17.7. The molecular weight excluding hydrogens is 444 g/mol. The molecule has 0 saturated carbocycles. The normalized spacial score (nSPS) is 11.7. The van der Waals surface area contributed by atoms with E-state index < -0.39 is 6.04 Å². The van der Waals surface area contributed by atoms with Crippen LogP contribution >= 0.6 is 11.6 Å². The molecule has 2 heterocycles. The molecule has 33 heavy (non-hydrogen) atoms. The topological polar surface area (TPSA) is 158 Å². The van der Waals surface area contributed by atoms with Crippen LogP contribution in [0.2, 0.25) is 5.02 Å². The Balaban J connectivity index is 1.95. The van der Waals surface area contributed by atoms with Gasteiger partial charge >= 0.3 is 0 Å². The van der Waals surface area contributed by atoms with E-state index in [4.69, 9.17) is 32.8 Å². The minimum Gasteiger partial charge on any atom is -0.497 e. The van der Waals surface area contributed by atoms with Crippen molar-refractivity contribution in [3.63, 3.8) is 0 Å². The Morgan fingerprint density at radius 3 is 2.67 bits per heavy atom. The van der Waals surface area contributed by atoms with Crippen molar-refractivity contribution >= 4 is 40.1 Å².